The van der Waals surface area contributed by atoms with Crippen molar-refractivity contribution in [3.8, 4) is 17.6 Å². The van der Waals surface area contributed by atoms with Crippen LogP contribution in [0.15, 0.2) is 42.5 Å². The van der Waals surface area contributed by atoms with Gasteiger partial charge in [-0.2, -0.15) is 5.26 Å². The lowest BCUT2D eigenvalue weighted by Gasteiger charge is -2.34. The fourth-order valence-corrected chi connectivity index (χ4v) is 4.38. The normalized spacial score (nSPS) is 14.7. The molecule has 1 aliphatic rings. The molecule has 2 aromatic carbocycles. The molecule has 0 radical (unpaired) electrons. The standard InChI is InChI=1S/C28H34N6O3/c1-4-36-24-11-10-20(18-25(24)37-5-2)12-13-30-28(35)21(19-29)26-27(34-16-14-33(3)15-17-34)32-23-9-7-6-8-22(23)31-26/h6-11,18,21H,4-5,12-17H2,1-3H3,(H,30,35)/t21-/m0/s1. The minimum atomic E-state index is -1.06. The van der Waals surface area contributed by atoms with E-state index in [0.29, 0.717) is 54.7 Å². The number of fused-ring (bicyclic) bond motifs is 1. The number of ether oxygens (including phenoxy) is 2. The van der Waals surface area contributed by atoms with Gasteiger partial charge in [-0.3, -0.25) is 4.79 Å². The molecule has 1 N–H and O–H groups in total. The van der Waals surface area contributed by atoms with E-state index in [1.54, 1.807) is 0 Å². The fraction of sp³-hybridized carbons (Fsp3) is 0.429. The summed E-state index contributed by atoms with van der Waals surface area (Å²) in [4.78, 5) is 27.2. The molecule has 1 saturated heterocycles. The third-order valence-electron chi connectivity index (χ3n) is 6.37. The number of carbonyl (C=O) groups is 1. The van der Waals surface area contributed by atoms with Crippen LogP contribution in [0.3, 0.4) is 0 Å². The quantitative estimate of drug-likeness (QED) is 0.451. The summed E-state index contributed by atoms with van der Waals surface area (Å²) in [7, 11) is 2.08. The maximum Gasteiger partial charge on any atom is 0.243 e. The molecule has 1 atom stereocenters. The molecular weight excluding hydrogens is 468 g/mol. The smallest absolute Gasteiger partial charge is 0.243 e. The zero-order chi connectivity index (χ0) is 26.2. The van der Waals surface area contributed by atoms with Gasteiger partial charge in [-0.25, -0.2) is 9.97 Å². The minimum Gasteiger partial charge on any atom is -0.490 e. The molecular formula is C28H34N6O3. The zero-order valence-electron chi connectivity index (χ0n) is 21.7. The molecule has 1 aliphatic heterocycles. The molecule has 1 fully saturated rings. The van der Waals surface area contributed by atoms with Crippen molar-refractivity contribution in [1.82, 2.24) is 20.2 Å². The Labute approximate surface area is 218 Å². The van der Waals surface area contributed by atoms with E-state index in [9.17, 15) is 10.1 Å². The summed E-state index contributed by atoms with van der Waals surface area (Å²) >= 11 is 0. The maximum atomic E-state index is 13.2. The highest BCUT2D eigenvalue weighted by Gasteiger charge is 2.29. The number of hydrogen-bond acceptors (Lipinski definition) is 8. The van der Waals surface area contributed by atoms with Crippen LogP contribution in [0.4, 0.5) is 5.82 Å². The number of anilines is 1. The summed E-state index contributed by atoms with van der Waals surface area (Å²) in [6.07, 6.45) is 0.588. The highest BCUT2D eigenvalue weighted by Crippen LogP contribution is 2.30. The van der Waals surface area contributed by atoms with E-state index < -0.39 is 5.92 Å². The van der Waals surface area contributed by atoms with Crippen LogP contribution in [0.25, 0.3) is 11.0 Å². The molecule has 9 nitrogen and oxygen atoms in total. The van der Waals surface area contributed by atoms with E-state index in [1.165, 1.54) is 0 Å². The summed E-state index contributed by atoms with van der Waals surface area (Å²) in [6.45, 7) is 8.60. The number of amides is 1. The second-order valence-electron chi connectivity index (χ2n) is 8.96. The van der Waals surface area contributed by atoms with Gasteiger partial charge in [0.15, 0.2) is 23.2 Å². The second-order valence-corrected chi connectivity index (χ2v) is 8.96. The number of likely N-dealkylation sites (N-methyl/N-ethyl adjacent to an activating group) is 1. The minimum absolute atomic E-state index is 0.376. The van der Waals surface area contributed by atoms with Gasteiger partial charge in [0.25, 0.3) is 0 Å². The van der Waals surface area contributed by atoms with Crippen molar-refractivity contribution in [2.45, 2.75) is 26.2 Å². The van der Waals surface area contributed by atoms with Crippen LogP contribution < -0.4 is 19.7 Å². The number of benzene rings is 2. The molecule has 2 heterocycles. The Morgan fingerprint density at radius 3 is 2.38 bits per heavy atom. The average Bonchev–Trinajstić information content (AvgIpc) is 2.91. The molecule has 0 aliphatic carbocycles. The lowest BCUT2D eigenvalue weighted by molar-refractivity contribution is -0.121. The Balaban J connectivity index is 1.51. The van der Waals surface area contributed by atoms with Gasteiger partial charge in [-0.1, -0.05) is 18.2 Å². The predicted molar refractivity (Wildman–Crippen MR) is 143 cm³/mol. The summed E-state index contributed by atoms with van der Waals surface area (Å²) in [6, 6.07) is 15.5. The number of aromatic nitrogens is 2. The third kappa shape index (κ3) is 6.27. The molecule has 0 saturated carbocycles. The van der Waals surface area contributed by atoms with Gasteiger partial charge in [-0.15, -0.1) is 0 Å². The summed E-state index contributed by atoms with van der Waals surface area (Å²) < 4.78 is 11.3. The summed E-state index contributed by atoms with van der Waals surface area (Å²) in [5.41, 5.74) is 2.83. The lowest BCUT2D eigenvalue weighted by Crippen LogP contribution is -2.45. The van der Waals surface area contributed by atoms with E-state index in [2.05, 4.69) is 28.2 Å². The largest absolute Gasteiger partial charge is 0.490 e. The first-order valence-electron chi connectivity index (χ1n) is 12.8. The average molecular weight is 503 g/mol. The number of nitrogens with zero attached hydrogens (tertiary/aromatic N) is 5. The van der Waals surface area contributed by atoms with Crippen LogP contribution in [-0.4, -0.2) is 73.8 Å². The number of piperazine rings is 1. The fourth-order valence-electron chi connectivity index (χ4n) is 4.38. The SMILES string of the molecule is CCOc1ccc(CCNC(=O)[C@@H](C#N)c2nc3ccccc3nc2N2CCN(C)CC2)cc1OCC. The monoisotopic (exact) mass is 502 g/mol. The predicted octanol–water partition coefficient (Wildman–Crippen LogP) is 3.15. The highest BCUT2D eigenvalue weighted by atomic mass is 16.5. The second kappa shape index (κ2) is 12.4. The van der Waals surface area contributed by atoms with Gasteiger partial charge in [-0.05, 0) is 57.1 Å². The molecule has 0 unspecified atom stereocenters. The van der Waals surface area contributed by atoms with Gasteiger partial charge < -0.3 is 24.6 Å². The van der Waals surface area contributed by atoms with Crippen molar-refractivity contribution in [2.75, 3.05) is 57.9 Å². The molecule has 0 spiro atoms. The van der Waals surface area contributed by atoms with Gasteiger partial charge in [0.1, 0.15) is 5.69 Å². The van der Waals surface area contributed by atoms with Gasteiger partial charge in [0.05, 0.1) is 30.3 Å². The van der Waals surface area contributed by atoms with Crippen molar-refractivity contribution in [3.05, 3.63) is 53.7 Å². The Hall–Kier alpha value is -3.90. The van der Waals surface area contributed by atoms with Crippen molar-refractivity contribution >= 4 is 22.8 Å². The van der Waals surface area contributed by atoms with E-state index in [1.807, 2.05) is 56.3 Å². The van der Waals surface area contributed by atoms with Gasteiger partial charge in [0.2, 0.25) is 5.91 Å². The number of para-hydroxylation sites is 2. The van der Waals surface area contributed by atoms with Gasteiger partial charge >= 0.3 is 0 Å². The summed E-state index contributed by atoms with van der Waals surface area (Å²) in [5.74, 6) is 0.560. The lowest BCUT2D eigenvalue weighted by atomic mass is 10.0. The Kier molecular flexibility index (Phi) is 8.75. The number of hydrogen-bond donors (Lipinski definition) is 1. The Bertz CT molecular complexity index is 1270. The first-order chi connectivity index (χ1) is 18.0. The van der Waals surface area contributed by atoms with Crippen LogP contribution in [0.1, 0.15) is 31.0 Å². The van der Waals surface area contributed by atoms with Crippen LogP contribution in [0, 0.1) is 11.3 Å². The molecule has 9 heteroatoms. The molecule has 0 bridgehead atoms. The van der Waals surface area contributed by atoms with Crippen LogP contribution >= 0.6 is 0 Å². The van der Waals surface area contributed by atoms with E-state index in [0.717, 1.165) is 37.3 Å². The van der Waals surface area contributed by atoms with Crippen molar-refractivity contribution < 1.29 is 14.3 Å². The van der Waals surface area contributed by atoms with Gasteiger partial charge in [0, 0.05) is 32.7 Å². The topological polar surface area (TPSA) is 104 Å². The first kappa shape index (κ1) is 26.2. The van der Waals surface area contributed by atoms with E-state index in [4.69, 9.17) is 19.4 Å². The molecule has 194 valence electrons. The number of nitriles is 1. The van der Waals surface area contributed by atoms with Crippen molar-refractivity contribution in [1.29, 1.82) is 5.26 Å². The van der Waals surface area contributed by atoms with Crippen LogP contribution in [0.2, 0.25) is 0 Å². The molecule has 3 aromatic rings. The molecule has 37 heavy (non-hydrogen) atoms. The number of rotatable bonds is 10. The molecule has 1 aromatic heterocycles. The zero-order valence-corrected chi connectivity index (χ0v) is 21.7. The molecule has 1 amide bonds. The third-order valence-corrected chi connectivity index (χ3v) is 6.37. The van der Waals surface area contributed by atoms with Crippen molar-refractivity contribution in [3.63, 3.8) is 0 Å². The van der Waals surface area contributed by atoms with E-state index >= 15 is 0 Å². The highest BCUT2D eigenvalue weighted by molar-refractivity contribution is 5.88. The van der Waals surface area contributed by atoms with E-state index in [-0.39, 0.29) is 5.91 Å². The molecule has 4 rings (SSSR count). The maximum absolute atomic E-state index is 13.2. The van der Waals surface area contributed by atoms with Crippen LogP contribution in [0.5, 0.6) is 11.5 Å². The van der Waals surface area contributed by atoms with Crippen molar-refractivity contribution in [2.24, 2.45) is 0 Å². The number of carbonyl (C=O) groups excluding carboxylic acids is 1. The van der Waals surface area contributed by atoms with Crippen LogP contribution in [-0.2, 0) is 11.2 Å². The first-order valence-corrected chi connectivity index (χ1v) is 12.8. The number of nitrogens with one attached hydrogen (secondary N) is 1. The Morgan fingerprint density at radius 2 is 1.70 bits per heavy atom. The summed E-state index contributed by atoms with van der Waals surface area (Å²) in [5, 5.41) is 13.0. The Morgan fingerprint density at radius 1 is 1.03 bits per heavy atom.